The van der Waals surface area contributed by atoms with Gasteiger partial charge in [-0.1, -0.05) is 18.2 Å². The van der Waals surface area contributed by atoms with Gasteiger partial charge in [-0.3, -0.25) is 4.99 Å². The van der Waals surface area contributed by atoms with E-state index in [2.05, 4.69) is 51.8 Å². The first-order valence-corrected chi connectivity index (χ1v) is 9.93. The summed E-state index contributed by atoms with van der Waals surface area (Å²) >= 11 is 2.47. The van der Waals surface area contributed by atoms with Crippen LogP contribution in [0.3, 0.4) is 0 Å². The van der Waals surface area contributed by atoms with Crippen LogP contribution >= 0.6 is 22.6 Å². The Morgan fingerprint density at radius 3 is 2.32 bits per heavy atom. The molecule has 5 aliphatic rings. The van der Waals surface area contributed by atoms with Gasteiger partial charge in [0, 0.05) is 21.7 Å². The van der Waals surface area contributed by atoms with Gasteiger partial charge in [-0.05, 0) is 84.4 Å². The third-order valence-electron chi connectivity index (χ3n) is 6.53. The molecule has 4 fully saturated rings. The van der Waals surface area contributed by atoms with E-state index in [0.717, 1.165) is 42.8 Å². The van der Waals surface area contributed by atoms with Gasteiger partial charge in [0.25, 0.3) is 0 Å². The van der Waals surface area contributed by atoms with Crippen molar-refractivity contribution in [3.8, 4) is 0 Å². The second-order valence-electron chi connectivity index (χ2n) is 7.80. The number of halogens is 1. The molecule has 0 amide bonds. The zero-order valence-electron chi connectivity index (χ0n) is 12.9. The van der Waals surface area contributed by atoms with E-state index >= 15 is 0 Å². The number of aliphatic imine (C=N–C) groups is 1. The topological polar surface area (TPSA) is 15.6 Å². The summed E-state index contributed by atoms with van der Waals surface area (Å²) in [5.74, 6) is 5.29. The van der Waals surface area contributed by atoms with Gasteiger partial charge in [0.2, 0.25) is 0 Å². The van der Waals surface area contributed by atoms with Crippen molar-refractivity contribution >= 4 is 28.4 Å². The van der Waals surface area contributed by atoms with Crippen molar-refractivity contribution in [2.45, 2.75) is 38.1 Å². The lowest BCUT2D eigenvalue weighted by molar-refractivity contribution is -0.0418. The molecule has 1 heterocycles. The molecule has 0 saturated heterocycles. The average Bonchev–Trinajstić information content (AvgIpc) is 2.96. The largest absolute Gasteiger partial charge is 0.351 e. The molecule has 0 N–H and O–H groups in total. The van der Waals surface area contributed by atoms with Crippen molar-refractivity contribution in [1.29, 1.82) is 0 Å². The standard InChI is InChI=1S/C19H23IN2/c20-17-4-2-1-3-16(17)19-21-5-6-22(19)18-14-8-12-7-13(10-14)11-15(18)9-12/h1-4,12-15,18H,5-11H2. The Bertz CT molecular complexity index is 596. The van der Waals surface area contributed by atoms with Gasteiger partial charge in [-0.2, -0.15) is 0 Å². The van der Waals surface area contributed by atoms with E-state index < -0.39 is 0 Å². The van der Waals surface area contributed by atoms with Crippen molar-refractivity contribution in [3.05, 3.63) is 33.4 Å². The molecule has 4 bridgehead atoms. The van der Waals surface area contributed by atoms with Crippen molar-refractivity contribution < 1.29 is 0 Å². The normalized spacial score (nSPS) is 39.4. The lowest BCUT2D eigenvalue weighted by atomic mass is 9.54. The van der Waals surface area contributed by atoms with Crippen molar-refractivity contribution in [2.75, 3.05) is 13.1 Å². The summed E-state index contributed by atoms with van der Waals surface area (Å²) in [6, 6.07) is 9.55. The molecule has 0 spiro atoms. The highest BCUT2D eigenvalue weighted by Crippen LogP contribution is 2.55. The van der Waals surface area contributed by atoms with E-state index in [4.69, 9.17) is 4.99 Å². The highest BCUT2D eigenvalue weighted by molar-refractivity contribution is 14.1. The number of nitrogens with zero attached hydrogens (tertiary/aromatic N) is 2. The zero-order chi connectivity index (χ0) is 14.7. The number of benzene rings is 1. The number of amidine groups is 1. The van der Waals surface area contributed by atoms with Crippen LogP contribution < -0.4 is 0 Å². The smallest absolute Gasteiger partial charge is 0.132 e. The fourth-order valence-corrected chi connectivity index (χ4v) is 6.67. The maximum atomic E-state index is 4.92. The Kier molecular flexibility index (Phi) is 3.28. The fourth-order valence-electron chi connectivity index (χ4n) is 6.04. The van der Waals surface area contributed by atoms with Crippen LogP contribution in [-0.2, 0) is 0 Å². The van der Waals surface area contributed by atoms with E-state index in [1.54, 1.807) is 0 Å². The van der Waals surface area contributed by atoms with E-state index in [0.29, 0.717) is 0 Å². The molecule has 1 aromatic rings. The van der Waals surface area contributed by atoms with Gasteiger partial charge in [-0.15, -0.1) is 0 Å². The Morgan fingerprint density at radius 1 is 0.955 bits per heavy atom. The van der Waals surface area contributed by atoms with Crippen molar-refractivity contribution in [2.24, 2.45) is 28.7 Å². The van der Waals surface area contributed by atoms with E-state index in [1.807, 2.05) is 0 Å². The van der Waals surface area contributed by atoms with Crippen LogP contribution in [-0.4, -0.2) is 29.9 Å². The molecule has 22 heavy (non-hydrogen) atoms. The Morgan fingerprint density at radius 2 is 1.64 bits per heavy atom. The SMILES string of the molecule is Ic1ccccc1C1=NCCN1C1C2CC3CC(C2)CC1C3. The third kappa shape index (κ3) is 2.07. The summed E-state index contributed by atoms with van der Waals surface area (Å²) in [5.41, 5.74) is 1.36. The molecule has 3 heteroatoms. The molecule has 6 rings (SSSR count). The van der Waals surface area contributed by atoms with E-state index in [9.17, 15) is 0 Å². The Labute approximate surface area is 146 Å². The lowest BCUT2D eigenvalue weighted by Gasteiger charge is -2.57. The maximum absolute atomic E-state index is 4.92. The van der Waals surface area contributed by atoms with Gasteiger partial charge in [0.05, 0.1) is 6.54 Å². The number of rotatable bonds is 2. The molecule has 1 aliphatic heterocycles. The average molecular weight is 406 g/mol. The highest BCUT2D eigenvalue weighted by Gasteiger charge is 2.51. The summed E-state index contributed by atoms with van der Waals surface area (Å²) < 4.78 is 1.34. The quantitative estimate of drug-likeness (QED) is 0.673. The molecule has 4 aliphatic carbocycles. The summed E-state index contributed by atoms with van der Waals surface area (Å²) in [5, 5.41) is 0. The van der Waals surface area contributed by atoms with E-state index in [-0.39, 0.29) is 0 Å². The number of hydrogen-bond acceptors (Lipinski definition) is 2. The monoisotopic (exact) mass is 406 g/mol. The summed E-state index contributed by atoms with van der Waals surface area (Å²) in [6.45, 7) is 2.14. The van der Waals surface area contributed by atoms with Gasteiger partial charge in [-0.25, -0.2) is 0 Å². The summed E-state index contributed by atoms with van der Waals surface area (Å²) in [4.78, 5) is 7.63. The van der Waals surface area contributed by atoms with Gasteiger partial charge in [0.15, 0.2) is 0 Å². The Balaban J connectivity index is 1.48. The van der Waals surface area contributed by atoms with Crippen LogP contribution in [0.1, 0.15) is 37.7 Å². The molecule has 4 saturated carbocycles. The molecule has 0 radical (unpaired) electrons. The Hall–Kier alpha value is -0.580. The first kappa shape index (κ1) is 13.8. The summed E-state index contributed by atoms with van der Waals surface area (Å²) in [6.07, 6.45) is 7.51. The zero-order valence-corrected chi connectivity index (χ0v) is 15.1. The van der Waals surface area contributed by atoms with Crippen LogP contribution in [0.15, 0.2) is 29.3 Å². The third-order valence-corrected chi connectivity index (χ3v) is 7.47. The first-order chi connectivity index (χ1) is 10.8. The van der Waals surface area contributed by atoms with E-state index in [1.165, 1.54) is 47.1 Å². The van der Waals surface area contributed by atoms with Crippen LogP contribution in [0.5, 0.6) is 0 Å². The van der Waals surface area contributed by atoms with Gasteiger partial charge >= 0.3 is 0 Å². The minimum atomic E-state index is 0.782. The van der Waals surface area contributed by atoms with Crippen molar-refractivity contribution in [3.63, 3.8) is 0 Å². The van der Waals surface area contributed by atoms with Crippen LogP contribution in [0, 0.1) is 27.2 Å². The summed E-state index contributed by atoms with van der Waals surface area (Å²) in [7, 11) is 0. The minimum absolute atomic E-state index is 0.782. The maximum Gasteiger partial charge on any atom is 0.132 e. The van der Waals surface area contributed by atoms with Gasteiger partial charge in [0.1, 0.15) is 5.84 Å². The lowest BCUT2D eigenvalue weighted by Crippen LogP contribution is -2.57. The van der Waals surface area contributed by atoms with Gasteiger partial charge < -0.3 is 4.90 Å². The fraction of sp³-hybridized carbons (Fsp3) is 0.632. The molecule has 1 aromatic carbocycles. The predicted molar refractivity (Wildman–Crippen MR) is 98.1 cm³/mol. The second kappa shape index (κ2) is 5.22. The van der Waals surface area contributed by atoms with Crippen LogP contribution in [0.4, 0.5) is 0 Å². The van der Waals surface area contributed by atoms with Crippen LogP contribution in [0.25, 0.3) is 0 Å². The molecule has 0 aromatic heterocycles. The predicted octanol–water partition coefficient (Wildman–Crippen LogP) is 4.18. The highest BCUT2D eigenvalue weighted by atomic mass is 127. The van der Waals surface area contributed by atoms with Crippen LogP contribution in [0.2, 0.25) is 0 Å². The van der Waals surface area contributed by atoms with Crippen molar-refractivity contribution in [1.82, 2.24) is 4.90 Å². The molecule has 2 nitrogen and oxygen atoms in total. The second-order valence-corrected chi connectivity index (χ2v) is 8.96. The minimum Gasteiger partial charge on any atom is -0.351 e. The first-order valence-electron chi connectivity index (χ1n) is 8.85. The number of hydrogen-bond donors (Lipinski definition) is 0. The molecule has 0 unspecified atom stereocenters. The molecular formula is C19H23IN2. The molecule has 0 atom stereocenters. The molecular weight excluding hydrogens is 383 g/mol. The molecule has 116 valence electrons.